The molecule has 2 amide bonds. The van der Waals surface area contributed by atoms with Gasteiger partial charge in [0.1, 0.15) is 6.54 Å². The molecular formula is C22H30N6O2. The number of piperidine rings is 1. The molecule has 0 spiro atoms. The Hall–Kier alpha value is -2.74. The first-order valence-electron chi connectivity index (χ1n) is 10.8. The number of rotatable bonds is 5. The summed E-state index contributed by atoms with van der Waals surface area (Å²) >= 11 is 0. The topological polar surface area (TPSA) is 74.6 Å². The van der Waals surface area contributed by atoms with E-state index < -0.39 is 0 Å². The molecular weight excluding hydrogens is 380 g/mol. The molecule has 0 aliphatic carbocycles. The van der Waals surface area contributed by atoms with E-state index in [4.69, 9.17) is 0 Å². The van der Waals surface area contributed by atoms with Gasteiger partial charge in [-0.3, -0.25) is 14.3 Å². The number of amides is 2. The van der Waals surface area contributed by atoms with Crippen LogP contribution in [0.5, 0.6) is 0 Å². The number of carbonyl (C=O) groups is 2. The average molecular weight is 411 g/mol. The molecule has 2 saturated heterocycles. The summed E-state index contributed by atoms with van der Waals surface area (Å²) in [5, 5.41) is 8.17. The molecule has 1 aromatic carbocycles. The zero-order valence-electron chi connectivity index (χ0n) is 17.9. The van der Waals surface area contributed by atoms with E-state index in [0.717, 1.165) is 43.0 Å². The van der Waals surface area contributed by atoms with Crippen LogP contribution in [0.1, 0.15) is 40.9 Å². The van der Waals surface area contributed by atoms with Crippen LogP contribution in [0.4, 0.5) is 5.69 Å². The van der Waals surface area contributed by atoms with Crippen molar-refractivity contribution in [3.8, 4) is 0 Å². The van der Waals surface area contributed by atoms with Gasteiger partial charge in [-0.25, -0.2) is 0 Å². The van der Waals surface area contributed by atoms with Gasteiger partial charge in [-0.2, -0.15) is 0 Å². The van der Waals surface area contributed by atoms with E-state index >= 15 is 0 Å². The van der Waals surface area contributed by atoms with Crippen molar-refractivity contribution in [1.29, 1.82) is 0 Å². The maximum absolute atomic E-state index is 12.8. The number of likely N-dealkylation sites (tertiary alicyclic amines) is 1. The molecule has 3 heterocycles. The van der Waals surface area contributed by atoms with E-state index in [1.807, 2.05) is 26.0 Å². The monoisotopic (exact) mass is 410 g/mol. The first kappa shape index (κ1) is 20.5. The summed E-state index contributed by atoms with van der Waals surface area (Å²) in [5.74, 6) is -0.301. The molecule has 0 radical (unpaired) electrons. The molecule has 8 nitrogen and oxygen atoms in total. The molecule has 8 heteroatoms. The van der Waals surface area contributed by atoms with E-state index in [1.54, 1.807) is 20.7 Å². The number of carbonyl (C=O) groups excluding carboxylic acids is 2. The van der Waals surface area contributed by atoms with Crippen LogP contribution in [0.2, 0.25) is 0 Å². The molecule has 0 bridgehead atoms. The van der Waals surface area contributed by atoms with Gasteiger partial charge in [0.2, 0.25) is 5.91 Å². The van der Waals surface area contributed by atoms with Gasteiger partial charge >= 0.3 is 0 Å². The van der Waals surface area contributed by atoms with Gasteiger partial charge in [-0.05, 0) is 63.0 Å². The number of hydrogen-bond donors (Lipinski definition) is 0. The number of anilines is 1. The summed E-state index contributed by atoms with van der Waals surface area (Å²) in [7, 11) is 0. The van der Waals surface area contributed by atoms with Gasteiger partial charge in [-0.15, -0.1) is 5.10 Å². The summed E-state index contributed by atoms with van der Waals surface area (Å²) in [6.07, 6.45) is 5.52. The van der Waals surface area contributed by atoms with Crippen molar-refractivity contribution in [2.45, 2.75) is 39.7 Å². The lowest BCUT2D eigenvalue weighted by Gasteiger charge is -2.34. The third-order valence-corrected chi connectivity index (χ3v) is 5.88. The van der Waals surface area contributed by atoms with Crippen LogP contribution in [-0.4, -0.2) is 75.9 Å². The van der Waals surface area contributed by atoms with Crippen LogP contribution < -0.4 is 4.90 Å². The Bertz CT molecular complexity index is 898. The number of nitrogens with zero attached hydrogens (tertiary/aromatic N) is 6. The molecule has 2 fully saturated rings. The zero-order valence-corrected chi connectivity index (χ0v) is 17.9. The standard InChI is InChI=1S/C22H30N6O2/c1-17-12-18(2)14-19(13-17)28-11-9-26(16-21(28)29)22(30)20-15-27(24-23-20)10-8-25-6-4-3-5-7-25/h12-15H,3-11,16H2,1-2H3. The molecule has 30 heavy (non-hydrogen) atoms. The molecule has 2 aliphatic rings. The Morgan fingerprint density at radius 3 is 2.40 bits per heavy atom. The molecule has 160 valence electrons. The van der Waals surface area contributed by atoms with Crippen LogP contribution in [0.25, 0.3) is 0 Å². The van der Waals surface area contributed by atoms with Gasteiger partial charge in [-0.1, -0.05) is 17.7 Å². The molecule has 0 saturated carbocycles. The van der Waals surface area contributed by atoms with Crippen molar-refractivity contribution in [3.05, 3.63) is 41.2 Å². The van der Waals surface area contributed by atoms with Crippen molar-refractivity contribution < 1.29 is 9.59 Å². The fraction of sp³-hybridized carbons (Fsp3) is 0.545. The second kappa shape index (κ2) is 8.95. The number of hydrogen-bond acceptors (Lipinski definition) is 5. The SMILES string of the molecule is Cc1cc(C)cc(N2CCN(C(=O)c3cn(CCN4CCCCC4)nn3)CC2=O)c1. The van der Waals surface area contributed by atoms with Crippen LogP contribution in [0.15, 0.2) is 24.4 Å². The number of benzene rings is 1. The lowest BCUT2D eigenvalue weighted by atomic mass is 10.1. The lowest BCUT2D eigenvalue weighted by molar-refractivity contribution is -0.120. The number of aromatic nitrogens is 3. The van der Waals surface area contributed by atoms with Gasteiger partial charge in [0.25, 0.3) is 5.91 Å². The third kappa shape index (κ3) is 4.70. The number of aryl methyl sites for hydroxylation is 2. The van der Waals surface area contributed by atoms with E-state index in [-0.39, 0.29) is 18.4 Å². The quantitative estimate of drug-likeness (QED) is 0.752. The van der Waals surface area contributed by atoms with E-state index in [0.29, 0.717) is 18.8 Å². The minimum Gasteiger partial charge on any atom is -0.326 e. The smallest absolute Gasteiger partial charge is 0.276 e. The lowest BCUT2D eigenvalue weighted by Crippen LogP contribution is -2.52. The summed E-state index contributed by atoms with van der Waals surface area (Å²) in [6, 6.07) is 6.11. The van der Waals surface area contributed by atoms with Crippen molar-refractivity contribution in [3.63, 3.8) is 0 Å². The maximum Gasteiger partial charge on any atom is 0.276 e. The van der Waals surface area contributed by atoms with Gasteiger partial charge in [0.05, 0.1) is 12.7 Å². The Morgan fingerprint density at radius 1 is 0.967 bits per heavy atom. The third-order valence-electron chi connectivity index (χ3n) is 5.88. The van der Waals surface area contributed by atoms with Crippen molar-refractivity contribution in [1.82, 2.24) is 24.8 Å². The van der Waals surface area contributed by atoms with Gasteiger partial charge < -0.3 is 14.7 Å². The minimum atomic E-state index is -0.229. The summed E-state index contributed by atoms with van der Waals surface area (Å²) in [5.41, 5.74) is 3.45. The molecule has 2 aliphatic heterocycles. The molecule has 1 aromatic heterocycles. The van der Waals surface area contributed by atoms with Gasteiger partial charge in [0.15, 0.2) is 5.69 Å². The fourth-order valence-electron chi connectivity index (χ4n) is 4.32. The first-order valence-corrected chi connectivity index (χ1v) is 10.8. The second-order valence-electron chi connectivity index (χ2n) is 8.39. The highest BCUT2D eigenvalue weighted by Gasteiger charge is 2.30. The Kier molecular flexibility index (Phi) is 6.13. The van der Waals surface area contributed by atoms with Crippen molar-refractivity contribution in [2.24, 2.45) is 0 Å². The average Bonchev–Trinajstić information content (AvgIpc) is 3.20. The Labute approximate surface area is 177 Å². The largest absolute Gasteiger partial charge is 0.326 e. The molecule has 2 aromatic rings. The number of piperazine rings is 1. The minimum absolute atomic E-state index is 0.0620. The predicted octanol–water partition coefficient (Wildman–Crippen LogP) is 1.87. The highest BCUT2D eigenvalue weighted by Crippen LogP contribution is 2.21. The molecule has 0 N–H and O–H groups in total. The summed E-state index contributed by atoms with van der Waals surface area (Å²) in [6.45, 7) is 8.98. The van der Waals surface area contributed by atoms with E-state index in [2.05, 4.69) is 21.3 Å². The molecule has 0 unspecified atom stereocenters. The Morgan fingerprint density at radius 2 is 1.70 bits per heavy atom. The van der Waals surface area contributed by atoms with Crippen molar-refractivity contribution >= 4 is 17.5 Å². The zero-order chi connectivity index (χ0) is 21.1. The Balaban J connectivity index is 1.34. The fourth-order valence-corrected chi connectivity index (χ4v) is 4.32. The summed E-state index contributed by atoms with van der Waals surface area (Å²) < 4.78 is 1.73. The molecule has 4 rings (SSSR count). The normalized spacial score (nSPS) is 18.1. The first-order chi connectivity index (χ1) is 14.5. The van der Waals surface area contributed by atoms with E-state index in [9.17, 15) is 9.59 Å². The highest BCUT2D eigenvalue weighted by atomic mass is 16.2. The van der Waals surface area contributed by atoms with Gasteiger partial charge in [0, 0.05) is 25.3 Å². The van der Waals surface area contributed by atoms with Crippen LogP contribution in [0, 0.1) is 13.8 Å². The van der Waals surface area contributed by atoms with Crippen LogP contribution in [-0.2, 0) is 11.3 Å². The van der Waals surface area contributed by atoms with E-state index in [1.165, 1.54) is 19.3 Å². The van der Waals surface area contributed by atoms with Crippen LogP contribution >= 0.6 is 0 Å². The summed E-state index contributed by atoms with van der Waals surface area (Å²) in [4.78, 5) is 31.3. The molecule has 0 atom stereocenters. The predicted molar refractivity (Wildman–Crippen MR) is 114 cm³/mol. The highest BCUT2D eigenvalue weighted by molar-refractivity contribution is 6.00. The maximum atomic E-state index is 12.8. The second-order valence-corrected chi connectivity index (χ2v) is 8.39. The van der Waals surface area contributed by atoms with Crippen molar-refractivity contribution in [2.75, 3.05) is 44.2 Å². The van der Waals surface area contributed by atoms with Crippen LogP contribution in [0.3, 0.4) is 0 Å².